The lowest BCUT2D eigenvalue weighted by Gasteiger charge is -2.09. The van der Waals surface area contributed by atoms with Gasteiger partial charge in [0.1, 0.15) is 10.8 Å². The van der Waals surface area contributed by atoms with Crippen LogP contribution in [0.1, 0.15) is 11.3 Å². The van der Waals surface area contributed by atoms with Crippen LogP contribution in [0.2, 0.25) is 0 Å². The molecule has 1 unspecified atom stereocenters. The van der Waals surface area contributed by atoms with Crippen LogP contribution in [0, 0.1) is 5.82 Å². The van der Waals surface area contributed by atoms with Crippen LogP contribution in [-0.2, 0) is 21.1 Å². The summed E-state index contributed by atoms with van der Waals surface area (Å²) in [4.78, 5) is 16.9. The second kappa shape index (κ2) is 6.37. The van der Waals surface area contributed by atoms with Gasteiger partial charge in [-0.05, 0) is 18.6 Å². The van der Waals surface area contributed by atoms with E-state index in [1.807, 2.05) is 0 Å². The first-order valence-electron chi connectivity index (χ1n) is 7.12. The Morgan fingerprint density at radius 2 is 2.17 bits per heavy atom. The molecule has 0 bridgehead atoms. The molecule has 122 valence electrons. The van der Waals surface area contributed by atoms with Gasteiger partial charge in [-0.2, -0.15) is 0 Å². The average molecular weight is 354 g/mol. The van der Waals surface area contributed by atoms with E-state index in [0.29, 0.717) is 21.9 Å². The number of carbonyl (C=O) groups excluding carboxylic acids is 1. The molecule has 1 fully saturated rings. The zero-order valence-corrected chi connectivity index (χ0v) is 13.8. The highest BCUT2D eigenvalue weighted by atomic mass is 32.2. The Morgan fingerprint density at radius 3 is 2.87 bits per heavy atom. The van der Waals surface area contributed by atoms with Crippen LogP contribution in [0.25, 0.3) is 10.6 Å². The molecule has 3 rings (SSSR count). The fourth-order valence-electron chi connectivity index (χ4n) is 2.49. The Kier molecular flexibility index (Phi) is 4.45. The summed E-state index contributed by atoms with van der Waals surface area (Å²) in [5.74, 6) is -0.470. The fraction of sp³-hybridized carbons (Fsp3) is 0.333. The van der Waals surface area contributed by atoms with Gasteiger partial charge in [-0.15, -0.1) is 11.3 Å². The average Bonchev–Trinajstić information content (AvgIpc) is 3.06. The normalized spacial score (nSPS) is 19.6. The van der Waals surface area contributed by atoms with E-state index in [9.17, 15) is 17.6 Å². The number of hydrogen-bond acceptors (Lipinski definition) is 5. The van der Waals surface area contributed by atoms with Gasteiger partial charge in [0.05, 0.1) is 17.9 Å². The number of halogens is 1. The summed E-state index contributed by atoms with van der Waals surface area (Å²) in [5, 5.41) is 3.25. The second-order valence-corrected chi connectivity index (χ2v) is 8.80. The third kappa shape index (κ3) is 3.94. The van der Waals surface area contributed by atoms with Crippen LogP contribution in [0.15, 0.2) is 30.5 Å². The largest absolute Gasteiger partial charge is 0.352 e. The minimum absolute atomic E-state index is 0.00189. The van der Waals surface area contributed by atoms with E-state index < -0.39 is 9.84 Å². The van der Waals surface area contributed by atoms with Gasteiger partial charge in [-0.1, -0.05) is 12.1 Å². The van der Waals surface area contributed by atoms with Gasteiger partial charge in [0, 0.05) is 22.7 Å². The molecule has 8 heteroatoms. The molecule has 1 saturated heterocycles. The first kappa shape index (κ1) is 16.1. The Hall–Kier alpha value is -1.80. The van der Waals surface area contributed by atoms with Crippen LogP contribution in [0.3, 0.4) is 0 Å². The van der Waals surface area contributed by atoms with Crippen molar-refractivity contribution in [3.63, 3.8) is 0 Å². The Morgan fingerprint density at radius 1 is 1.39 bits per heavy atom. The van der Waals surface area contributed by atoms with Crippen molar-refractivity contribution in [3.8, 4) is 10.6 Å². The molecule has 2 aromatic rings. The number of thiazole rings is 1. The van der Waals surface area contributed by atoms with E-state index >= 15 is 0 Å². The predicted octanol–water partition coefficient (Wildman–Crippen LogP) is 1.79. The summed E-state index contributed by atoms with van der Waals surface area (Å²) in [6, 6.07) is 6.03. The van der Waals surface area contributed by atoms with Crippen molar-refractivity contribution in [2.24, 2.45) is 0 Å². The predicted molar refractivity (Wildman–Crippen MR) is 86.4 cm³/mol. The van der Waals surface area contributed by atoms with E-state index in [4.69, 9.17) is 0 Å². The number of carbonyl (C=O) groups is 1. The fourth-order valence-corrected chi connectivity index (χ4v) is 5.11. The maximum absolute atomic E-state index is 13.7. The van der Waals surface area contributed by atoms with E-state index in [1.54, 1.807) is 24.4 Å². The highest BCUT2D eigenvalue weighted by Crippen LogP contribution is 2.27. The molecule has 1 aliphatic rings. The smallest absolute Gasteiger partial charge is 0.225 e. The van der Waals surface area contributed by atoms with Crippen LogP contribution < -0.4 is 5.32 Å². The molecular formula is C15H15FN2O3S2. The maximum Gasteiger partial charge on any atom is 0.225 e. The quantitative estimate of drug-likeness (QED) is 0.908. The van der Waals surface area contributed by atoms with Crippen LogP contribution >= 0.6 is 11.3 Å². The number of rotatable bonds is 4. The van der Waals surface area contributed by atoms with Gasteiger partial charge < -0.3 is 5.32 Å². The van der Waals surface area contributed by atoms with Crippen molar-refractivity contribution in [3.05, 3.63) is 41.2 Å². The summed E-state index contributed by atoms with van der Waals surface area (Å²) < 4.78 is 36.5. The third-order valence-electron chi connectivity index (χ3n) is 3.59. The monoisotopic (exact) mass is 354 g/mol. The summed E-state index contributed by atoms with van der Waals surface area (Å²) in [6.45, 7) is 0. The van der Waals surface area contributed by atoms with E-state index in [1.165, 1.54) is 17.4 Å². The number of hydrogen-bond donors (Lipinski definition) is 1. The van der Waals surface area contributed by atoms with Gasteiger partial charge in [-0.3, -0.25) is 4.79 Å². The molecule has 0 radical (unpaired) electrons. The van der Waals surface area contributed by atoms with E-state index in [2.05, 4.69) is 10.3 Å². The standard InChI is InChI=1S/C15H15FN2O3S2/c16-13-4-2-1-3-12(13)15-17-8-11(22-15)7-14(19)18-10-5-6-23(20,21)9-10/h1-4,8,10H,5-7,9H2,(H,18,19). The van der Waals surface area contributed by atoms with Gasteiger partial charge in [0.15, 0.2) is 9.84 Å². The lowest BCUT2D eigenvalue weighted by atomic mass is 10.2. The molecule has 1 aromatic carbocycles. The Bertz CT molecular complexity index is 833. The lowest BCUT2D eigenvalue weighted by molar-refractivity contribution is -0.120. The molecule has 1 aliphatic heterocycles. The first-order valence-corrected chi connectivity index (χ1v) is 9.76. The first-order chi connectivity index (χ1) is 10.9. The zero-order valence-electron chi connectivity index (χ0n) is 12.2. The molecular weight excluding hydrogens is 339 g/mol. The molecule has 23 heavy (non-hydrogen) atoms. The van der Waals surface area contributed by atoms with Crippen molar-refractivity contribution in [2.45, 2.75) is 18.9 Å². The number of nitrogens with one attached hydrogen (secondary N) is 1. The molecule has 2 heterocycles. The number of aromatic nitrogens is 1. The molecule has 5 nitrogen and oxygen atoms in total. The van der Waals surface area contributed by atoms with Crippen molar-refractivity contribution >= 4 is 27.1 Å². The van der Waals surface area contributed by atoms with Gasteiger partial charge in [0.25, 0.3) is 0 Å². The van der Waals surface area contributed by atoms with Gasteiger partial charge in [0.2, 0.25) is 5.91 Å². The topological polar surface area (TPSA) is 76.1 Å². The molecule has 0 spiro atoms. The van der Waals surface area contributed by atoms with E-state index in [-0.39, 0.29) is 35.7 Å². The summed E-state index contributed by atoms with van der Waals surface area (Å²) in [5.41, 5.74) is 0.408. The molecule has 1 aromatic heterocycles. The number of nitrogens with zero attached hydrogens (tertiary/aromatic N) is 1. The maximum atomic E-state index is 13.7. The highest BCUT2D eigenvalue weighted by Gasteiger charge is 2.28. The molecule has 0 saturated carbocycles. The SMILES string of the molecule is O=C(Cc1cnc(-c2ccccc2F)s1)NC1CCS(=O)(=O)C1. The molecule has 1 N–H and O–H groups in total. The van der Waals surface area contributed by atoms with Gasteiger partial charge in [-0.25, -0.2) is 17.8 Å². The molecule has 0 aliphatic carbocycles. The van der Waals surface area contributed by atoms with Crippen LogP contribution in [-0.4, -0.2) is 36.9 Å². The Balaban J connectivity index is 1.63. The van der Waals surface area contributed by atoms with Crippen LogP contribution in [0.4, 0.5) is 4.39 Å². The molecule has 1 amide bonds. The van der Waals surface area contributed by atoms with E-state index in [0.717, 1.165) is 0 Å². The van der Waals surface area contributed by atoms with Crippen molar-refractivity contribution in [1.82, 2.24) is 10.3 Å². The minimum Gasteiger partial charge on any atom is -0.352 e. The second-order valence-electron chi connectivity index (χ2n) is 5.46. The molecule has 1 atom stereocenters. The summed E-state index contributed by atoms with van der Waals surface area (Å²) in [6.07, 6.45) is 2.12. The zero-order chi connectivity index (χ0) is 16.4. The van der Waals surface area contributed by atoms with Crippen molar-refractivity contribution < 1.29 is 17.6 Å². The number of benzene rings is 1. The third-order valence-corrected chi connectivity index (χ3v) is 6.39. The summed E-state index contributed by atoms with van der Waals surface area (Å²) >= 11 is 1.26. The highest BCUT2D eigenvalue weighted by molar-refractivity contribution is 7.91. The minimum atomic E-state index is -3.02. The summed E-state index contributed by atoms with van der Waals surface area (Å²) in [7, 11) is -3.02. The number of sulfone groups is 1. The Labute approximate surface area is 137 Å². The van der Waals surface area contributed by atoms with Gasteiger partial charge >= 0.3 is 0 Å². The van der Waals surface area contributed by atoms with Crippen molar-refractivity contribution in [2.75, 3.05) is 11.5 Å². The number of amides is 1. The van der Waals surface area contributed by atoms with Crippen molar-refractivity contribution in [1.29, 1.82) is 0 Å². The lowest BCUT2D eigenvalue weighted by Crippen LogP contribution is -2.36. The van der Waals surface area contributed by atoms with Crippen LogP contribution in [0.5, 0.6) is 0 Å².